The van der Waals surface area contributed by atoms with Crippen molar-refractivity contribution in [3.63, 3.8) is 0 Å². The highest BCUT2D eigenvalue weighted by molar-refractivity contribution is 6.14. The Bertz CT molecular complexity index is 1430. The van der Waals surface area contributed by atoms with Gasteiger partial charge in [0.15, 0.2) is 0 Å². The predicted octanol–water partition coefficient (Wildman–Crippen LogP) is 6.12. The summed E-state index contributed by atoms with van der Waals surface area (Å²) in [5, 5.41) is 22.7. The normalized spacial score (nSPS) is 11.1. The Morgan fingerprint density at radius 1 is 0.970 bits per heavy atom. The maximum atomic E-state index is 12.7. The van der Waals surface area contributed by atoms with Crippen molar-refractivity contribution < 1.29 is 14.5 Å². The Morgan fingerprint density at radius 3 is 2.55 bits per heavy atom. The summed E-state index contributed by atoms with van der Waals surface area (Å²) in [6.07, 6.45) is 1.45. The number of nitro benzene ring substituents is 1. The van der Waals surface area contributed by atoms with Gasteiger partial charge in [0.2, 0.25) is 5.78 Å². The van der Waals surface area contributed by atoms with Gasteiger partial charge in [-0.05, 0) is 40.1 Å². The van der Waals surface area contributed by atoms with Crippen molar-refractivity contribution in [1.82, 2.24) is 0 Å². The Hall–Kier alpha value is -4.76. The molecule has 0 aliphatic carbocycles. The Balaban J connectivity index is 1.55. The molecule has 0 amide bonds. The van der Waals surface area contributed by atoms with Crippen LogP contribution in [0.15, 0.2) is 96.6 Å². The molecule has 0 bridgehead atoms. The van der Waals surface area contributed by atoms with E-state index in [4.69, 9.17) is 4.74 Å². The quantitative estimate of drug-likeness (QED) is 0.115. The molecule has 0 aliphatic rings. The van der Waals surface area contributed by atoms with Crippen molar-refractivity contribution in [1.29, 1.82) is 5.26 Å². The van der Waals surface area contributed by atoms with E-state index in [2.05, 4.69) is 0 Å². The van der Waals surface area contributed by atoms with Crippen molar-refractivity contribution in [2.75, 3.05) is 0 Å². The van der Waals surface area contributed by atoms with E-state index in [0.29, 0.717) is 17.9 Å². The van der Waals surface area contributed by atoms with E-state index in [1.54, 1.807) is 24.3 Å². The molecule has 0 heterocycles. The first kappa shape index (κ1) is 21.5. The Labute approximate surface area is 190 Å². The minimum Gasteiger partial charge on any atom is -0.489 e. The van der Waals surface area contributed by atoms with Crippen molar-refractivity contribution in [3.8, 4) is 11.8 Å². The van der Waals surface area contributed by atoms with Gasteiger partial charge in [-0.1, -0.05) is 66.7 Å². The third-order valence-corrected chi connectivity index (χ3v) is 5.13. The molecular formula is C27H18N2O4. The van der Waals surface area contributed by atoms with Gasteiger partial charge in [-0.15, -0.1) is 0 Å². The second-order valence-corrected chi connectivity index (χ2v) is 7.31. The molecule has 0 unspecified atom stereocenters. The third-order valence-electron chi connectivity index (χ3n) is 5.13. The summed E-state index contributed by atoms with van der Waals surface area (Å²) in [6, 6.07) is 28.4. The molecule has 0 N–H and O–H groups in total. The largest absolute Gasteiger partial charge is 0.489 e. The molecule has 33 heavy (non-hydrogen) atoms. The molecule has 0 atom stereocenters. The third kappa shape index (κ3) is 4.94. The second-order valence-electron chi connectivity index (χ2n) is 7.31. The fourth-order valence-corrected chi connectivity index (χ4v) is 3.51. The van der Waals surface area contributed by atoms with Crippen LogP contribution in [0.25, 0.3) is 16.8 Å². The number of hydrogen-bond donors (Lipinski definition) is 0. The number of ketones is 1. The van der Waals surface area contributed by atoms with E-state index in [9.17, 15) is 20.2 Å². The van der Waals surface area contributed by atoms with Crippen LogP contribution in [0.1, 0.15) is 21.5 Å². The summed E-state index contributed by atoms with van der Waals surface area (Å²) in [5.41, 5.74) is 1.41. The smallest absolute Gasteiger partial charge is 0.270 e. The molecule has 4 aromatic rings. The van der Waals surface area contributed by atoms with Crippen LogP contribution in [0.5, 0.6) is 5.75 Å². The van der Waals surface area contributed by atoms with Crippen molar-refractivity contribution in [2.24, 2.45) is 0 Å². The number of carbonyl (C=O) groups excluding carboxylic acids is 1. The maximum absolute atomic E-state index is 12.7. The summed E-state index contributed by atoms with van der Waals surface area (Å²) in [4.78, 5) is 23.1. The summed E-state index contributed by atoms with van der Waals surface area (Å²) < 4.78 is 5.97. The molecule has 4 aromatic carbocycles. The van der Waals surface area contributed by atoms with Crippen LogP contribution in [0.4, 0.5) is 5.69 Å². The van der Waals surface area contributed by atoms with Crippen LogP contribution in [-0.4, -0.2) is 10.7 Å². The minimum absolute atomic E-state index is 0.0837. The molecule has 6 nitrogen and oxygen atoms in total. The first-order chi connectivity index (χ1) is 16.0. The number of benzene rings is 4. The van der Waals surface area contributed by atoms with Gasteiger partial charge in [0.25, 0.3) is 5.69 Å². The topological polar surface area (TPSA) is 93.2 Å². The van der Waals surface area contributed by atoms with Gasteiger partial charge in [-0.25, -0.2) is 0 Å². The zero-order valence-electron chi connectivity index (χ0n) is 17.5. The highest BCUT2D eigenvalue weighted by atomic mass is 16.6. The number of hydrogen-bond acceptors (Lipinski definition) is 5. The van der Waals surface area contributed by atoms with Gasteiger partial charge < -0.3 is 4.74 Å². The zero-order valence-corrected chi connectivity index (χ0v) is 17.5. The molecule has 0 radical (unpaired) electrons. The average Bonchev–Trinajstić information content (AvgIpc) is 2.86. The average molecular weight is 434 g/mol. The minimum atomic E-state index is -0.580. The number of Topliss-reactive ketones (excluding diaryl/α,β-unsaturated/α-hetero) is 1. The first-order valence-corrected chi connectivity index (χ1v) is 10.2. The molecule has 0 aliphatic heterocycles. The van der Waals surface area contributed by atoms with Crippen LogP contribution >= 0.6 is 0 Å². The van der Waals surface area contributed by atoms with E-state index < -0.39 is 10.7 Å². The highest BCUT2D eigenvalue weighted by Gasteiger charge is 2.16. The molecule has 4 rings (SSSR count). The van der Waals surface area contributed by atoms with E-state index in [1.807, 2.05) is 48.5 Å². The molecule has 6 heteroatoms. The Kier molecular flexibility index (Phi) is 6.24. The maximum Gasteiger partial charge on any atom is 0.270 e. The zero-order chi connectivity index (χ0) is 23.2. The van der Waals surface area contributed by atoms with Gasteiger partial charge >= 0.3 is 0 Å². The number of non-ortho nitro benzene ring substituents is 1. The lowest BCUT2D eigenvalue weighted by molar-refractivity contribution is -0.384. The summed E-state index contributed by atoms with van der Waals surface area (Å²) in [6.45, 7) is 0.367. The van der Waals surface area contributed by atoms with Crippen LogP contribution in [-0.2, 0) is 6.61 Å². The van der Waals surface area contributed by atoms with E-state index in [0.717, 1.165) is 22.4 Å². The summed E-state index contributed by atoms with van der Waals surface area (Å²) in [5.74, 6) is 0.0139. The molecule has 160 valence electrons. The summed E-state index contributed by atoms with van der Waals surface area (Å²) >= 11 is 0. The van der Waals surface area contributed by atoms with Crippen molar-refractivity contribution in [3.05, 3.63) is 123 Å². The molecular weight excluding hydrogens is 416 g/mol. The van der Waals surface area contributed by atoms with Gasteiger partial charge in [0, 0.05) is 17.7 Å². The van der Waals surface area contributed by atoms with Crippen LogP contribution < -0.4 is 4.74 Å². The Morgan fingerprint density at radius 2 is 1.73 bits per heavy atom. The lowest BCUT2D eigenvalue weighted by Gasteiger charge is -2.10. The van der Waals surface area contributed by atoms with Crippen molar-refractivity contribution in [2.45, 2.75) is 6.61 Å². The predicted molar refractivity (Wildman–Crippen MR) is 126 cm³/mol. The molecule has 0 aromatic heterocycles. The number of rotatable bonds is 7. The first-order valence-electron chi connectivity index (χ1n) is 10.2. The standard InChI is InChI=1S/C27H18N2O4/c28-17-23(27(30)21-9-5-11-24(16-21)29(31)32)14-19-6-3-12-25(15-19)33-18-22-10-4-8-20-7-1-2-13-26(20)22/h1-16H,18H2/b23-14+. The van der Waals surface area contributed by atoms with Gasteiger partial charge in [-0.2, -0.15) is 5.26 Å². The number of allylic oxidation sites excluding steroid dienone is 1. The second kappa shape index (κ2) is 9.58. The fourth-order valence-electron chi connectivity index (χ4n) is 3.51. The lowest BCUT2D eigenvalue weighted by Crippen LogP contribution is -2.03. The number of nitro groups is 1. The number of ether oxygens (including phenoxy) is 1. The molecule has 0 saturated carbocycles. The van der Waals surface area contributed by atoms with Crippen LogP contribution in [0, 0.1) is 21.4 Å². The van der Waals surface area contributed by atoms with E-state index >= 15 is 0 Å². The summed E-state index contributed by atoms with van der Waals surface area (Å²) in [7, 11) is 0. The number of carbonyl (C=O) groups is 1. The molecule has 0 saturated heterocycles. The van der Waals surface area contributed by atoms with Gasteiger partial charge in [0.1, 0.15) is 24.0 Å². The van der Waals surface area contributed by atoms with Crippen LogP contribution in [0.3, 0.4) is 0 Å². The SMILES string of the molecule is N#C/C(=C\c1cccc(OCc2cccc3ccccc23)c1)C(=O)c1cccc([N+](=O)[O-])c1. The van der Waals surface area contributed by atoms with Gasteiger partial charge in [0.05, 0.1) is 4.92 Å². The van der Waals surface area contributed by atoms with Gasteiger partial charge in [-0.3, -0.25) is 14.9 Å². The number of nitriles is 1. The van der Waals surface area contributed by atoms with Crippen LogP contribution in [0.2, 0.25) is 0 Å². The van der Waals surface area contributed by atoms with E-state index in [1.165, 1.54) is 24.3 Å². The highest BCUT2D eigenvalue weighted by Crippen LogP contribution is 2.23. The number of fused-ring (bicyclic) bond motifs is 1. The molecule has 0 spiro atoms. The molecule has 0 fully saturated rings. The monoisotopic (exact) mass is 434 g/mol. The van der Waals surface area contributed by atoms with Crippen molar-refractivity contribution >= 4 is 28.3 Å². The lowest BCUT2D eigenvalue weighted by atomic mass is 10.0. The van der Waals surface area contributed by atoms with E-state index in [-0.39, 0.29) is 16.8 Å². The number of nitrogens with zero attached hydrogens (tertiary/aromatic N) is 2. The fraction of sp³-hybridized carbons (Fsp3) is 0.0370.